The minimum absolute atomic E-state index is 0.158. The lowest BCUT2D eigenvalue weighted by Crippen LogP contribution is -2.24. The van der Waals surface area contributed by atoms with Crippen molar-refractivity contribution in [1.82, 2.24) is 9.97 Å². The van der Waals surface area contributed by atoms with E-state index in [0.717, 1.165) is 59.7 Å². The molecule has 0 radical (unpaired) electrons. The van der Waals surface area contributed by atoms with Gasteiger partial charge in [0.15, 0.2) is 5.82 Å². The van der Waals surface area contributed by atoms with E-state index in [9.17, 15) is 8.42 Å². The Labute approximate surface area is 197 Å². The molecule has 178 valence electrons. The second kappa shape index (κ2) is 11.6. The molecule has 1 aromatic heterocycles. The highest BCUT2D eigenvalue weighted by Gasteiger charge is 2.25. The molecular formula is C26H34N2O4S. The summed E-state index contributed by atoms with van der Waals surface area (Å²) in [5.41, 5.74) is 2.59. The first-order valence-corrected chi connectivity index (χ1v) is 13.5. The van der Waals surface area contributed by atoms with Crippen LogP contribution in [-0.2, 0) is 14.3 Å². The Morgan fingerprint density at radius 2 is 1.79 bits per heavy atom. The van der Waals surface area contributed by atoms with Crippen LogP contribution in [0.15, 0.2) is 48.7 Å². The first-order valence-electron chi connectivity index (χ1n) is 11.7. The van der Waals surface area contributed by atoms with Gasteiger partial charge in [0.2, 0.25) is 0 Å². The molecule has 1 heterocycles. The van der Waals surface area contributed by atoms with Crippen LogP contribution < -0.4 is 4.74 Å². The first kappa shape index (κ1) is 25.1. The highest BCUT2D eigenvalue weighted by atomic mass is 32.2. The fourth-order valence-electron chi connectivity index (χ4n) is 3.97. The number of fused-ring (bicyclic) bond motifs is 1. The van der Waals surface area contributed by atoms with Gasteiger partial charge in [-0.3, -0.25) is 4.18 Å². The second-order valence-corrected chi connectivity index (χ2v) is 10.0. The van der Waals surface area contributed by atoms with Gasteiger partial charge in [-0.25, -0.2) is 9.97 Å². The Kier molecular flexibility index (Phi) is 8.80. The molecule has 2 unspecified atom stereocenters. The molecule has 6 nitrogen and oxygen atoms in total. The number of rotatable bonds is 12. The molecule has 2 atom stereocenters. The molecule has 0 amide bonds. The van der Waals surface area contributed by atoms with E-state index in [4.69, 9.17) is 13.9 Å². The van der Waals surface area contributed by atoms with Crippen LogP contribution in [0.4, 0.5) is 0 Å². The summed E-state index contributed by atoms with van der Waals surface area (Å²) < 4.78 is 35.4. The van der Waals surface area contributed by atoms with Crippen LogP contribution in [-0.4, -0.2) is 37.4 Å². The van der Waals surface area contributed by atoms with E-state index < -0.39 is 16.2 Å². The molecule has 0 aliphatic heterocycles. The van der Waals surface area contributed by atoms with Crippen LogP contribution in [0.25, 0.3) is 22.3 Å². The summed E-state index contributed by atoms with van der Waals surface area (Å²) in [7, 11) is -3.58. The third-order valence-electron chi connectivity index (χ3n) is 5.67. The van der Waals surface area contributed by atoms with Crippen molar-refractivity contribution in [3.63, 3.8) is 0 Å². The number of ether oxygens (including phenoxy) is 1. The van der Waals surface area contributed by atoms with E-state index in [1.165, 1.54) is 0 Å². The third kappa shape index (κ3) is 6.74. The van der Waals surface area contributed by atoms with Crippen LogP contribution in [0.5, 0.6) is 5.75 Å². The Morgan fingerprint density at radius 1 is 1.00 bits per heavy atom. The third-order valence-corrected chi connectivity index (χ3v) is 6.27. The first-order chi connectivity index (χ1) is 15.8. The van der Waals surface area contributed by atoms with Crippen LogP contribution in [0.2, 0.25) is 0 Å². The van der Waals surface area contributed by atoms with Gasteiger partial charge in [-0.2, -0.15) is 8.42 Å². The molecule has 0 spiro atoms. The molecule has 3 aromatic rings. The maximum absolute atomic E-state index is 12.0. The summed E-state index contributed by atoms with van der Waals surface area (Å²) in [5.74, 6) is 1.18. The summed E-state index contributed by atoms with van der Waals surface area (Å²) in [6.45, 7) is 6.82. The predicted molar refractivity (Wildman–Crippen MR) is 133 cm³/mol. The van der Waals surface area contributed by atoms with Gasteiger partial charge in [-0.1, -0.05) is 70.4 Å². The SMILES string of the molecule is CCCCCC(OS(C)(=O)=O)C(C)c1cccc2cnc(-c3ccccc3OCCC)nc12. The van der Waals surface area contributed by atoms with Gasteiger partial charge in [-0.15, -0.1) is 0 Å². The molecule has 7 heteroatoms. The van der Waals surface area contributed by atoms with Gasteiger partial charge < -0.3 is 4.74 Å². The molecule has 0 fully saturated rings. The summed E-state index contributed by atoms with van der Waals surface area (Å²) >= 11 is 0. The lowest BCUT2D eigenvalue weighted by atomic mass is 9.90. The van der Waals surface area contributed by atoms with Crippen LogP contribution in [0, 0.1) is 0 Å². The number of nitrogens with zero attached hydrogens (tertiary/aromatic N) is 2. The van der Waals surface area contributed by atoms with Gasteiger partial charge in [0.1, 0.15) is 5.75 Å². The summed E-state index contributed by atoms with van der Waals surface area (Å²) in [4.78, 5) is 9.51. The fraction of sp³-hybridized carbons (Fsp3) is 0.462. The molecule has 0 bridgehead atoms. The van der Waals surface area contributed by atoms with Crippen molar-refractivity contribution in [2.24, 2.45) is 0 Å². The number of hydrogen-bond acceptors (Lipinski definition) is 6. The molecule has 0 saturated carbocycles. The molecule has 0 saturated heterocycles. The topological polar surface area (TPSA) is 78.4 Å². The zero-order valence-electron chi connectivity index (χ0n) is 20.0. The average molecular weight is 471 g/mol. The van der Waals surface area contributed by atoms with E-state index in [0.29, 0.717) is 18.9 Å². The number of benzene rings is 2. The highest BCUT2D eigenvalue weighted by Crippen LogP contribution is 2.33. The van der Waals surface area contributed by atoms with Crippen molar-refractivity contribution in [2.45, 2.75) is 64.9 Å². The largest absolute Gasteiger partial charge is 0.493 e. The molecule has 2 aromatic carbocycles. The van der Waals surface area contributed by atoms with Crippen molar-refractivity contribution in [3.05, 3.63) is 54.2 Å². The van der Waals surface area contributed by atoms with E-state index in [2.05, 4.69) is 18.8 Å². The fourth-order valence-corrected chi connectivity index (χ4v) is 4.68. The lowest BCUT2D eigenvalue weighted by molar-refractivity contribution is 0.171. The minimum atomic E-state index is -3.58. The molecular weight excluding hydrogens is 436 g/mol. The van der Waals surface area contributed by atoms with E-state index in [1.54, 1.807) is 0 Å². The Hall–Kier alpha value is -2.51. The minimum Gasteiger partial charge on any atom is -0.493 e. The normalized spacial score (nSPS) is 13.7. The Morgan fingerprint density at radius 3 is 2.52 bits per heavy atom. The van der Waals surface area contributed by atoms with E-state index >= 15 is 0 Å². The van der Waals surface area contributed by atoms with Crippen molar-refractivity contribution in [2.75, 3.05) is 12.9 Å². The van der Waals surface area contributed by atoms with Crippen molar-refractivity contribution in [3.8, 4) is 17.1 Å². The van der Waals surface area contributed by atoms with Gasteiger partial charge in [0, 0.05) is 17.5 Å². The standard InChI is InChI=1S/C26H34N2O4S/c1-5-7-8-15-23(32-33(4,29)30)19(3)21-14-11-12-20-18-27-26(28-25(20)21)22-13-9-10-16-24(22)31-17-6-2/h9-14,16,18-19,23H,5-8,15,17H2,1-4H3. The zero-order valence-corrected chi connectivity index (χ0v) is 20.8. The summed E-state index contributed by atoms with van der Waals surface area (Å²) in [6, 6.07) is 13.7. The van der Waals surface area contributed by atoms with Crippen molar-refractivity contribution in [1.29, 1.82) is 0 Å². The van der Waals surface area contributed by atoms with Crippen molar-refractivity contribution < 1.29 is 17.3 Å². The second-order valence-electron chi connectivity index (χ2n) is 8.45. The van der Waals surface area contributed by atoms with Crippen LogP contribution in [0.3, 0.4) is 0 Å². The zero-order chi connectivity index (χ0) is 23.8. The number of hydrogen-bond donors (Lipinski definition) is 0. The maximum atomic E-state index is 12.0. The molecule has 0 N–H and O–H groups in total. The smallest absolute Gasteiger partial charge is 0.264 e. The predicted octanol–water partition coefficient (Wildman–Crippen LogP) is 6.11. The van der Waals surface area contributed by atoms with Crippen molar-refractivity contribution >= 4 is 21.0 Å². The monoisotopic (exact) mass is 470 g/mol. The summed E-state index contributed by atoms with van der Waals surface area (Å²) in [5, 5.41) is 0.904. The molecule has 33 heavy (non-hydrogen) atoms. The van der Waals surface area contributed by atoms with Crippen LogP contribution in [0.1, 0.15) is 64.4 Å². The van der Waals surface area contributed by atoms with E-state index in [1.807, 2.05) is 55.6 Å². The summed E-state index contributed by atoms with van der Waals surface area (Å²) in [6.07, 6.45) is 7.07. The molecule has 0 aliphatic carbocycles. The Balaban J connectivity index is 2.03. The molecule has 3 rings (SSSR count). The lowest BCUT2D eigenvalue weighted by Gasteiger charge is -2.24. The van der Waals surface area contributed by atoms with Gasteiger partial charge >= 0.3 is 0 Å². The van der Waals surface area contributed by atoms with Crippen LogP contribution >= 0.6 is 0 Å². The number of aromatic nitrogens is 2. The van der Waals surface area contributed by atoms with Gasteiger partial charge in [-0.05, 0) is 30.5 Å². The van der Waals surface area contributed by atoms with Gasteiger partial charge in [0.25, 0.3) is 10.1 Å². The average Bonchev–Trinajstić information content (AvgIpc) is 2.80. The van der Waals surface area contributed by atoms with Gasteiger partial charge in [0.05, 0.1) is 30.0 Å². The Bertz CT molecular complexity index is 1160. The number of para-hydroxylation sites is 2. The molecule has 0 aliphatic rings. The maximum Gasteiger partial charge on any atom is 0.264 e. The number of unbranched alkanes of at least 4 members (excludes halogenated alkanes) is 2. The van der Waals surface area contributed by atoms with E-state index in [-0.39, 0.29) is 5.92 Å². The highest BCUT2D eigenvalue weighted by molar-refractivity contribution is 7.86. The quantitative estimate of drug-likeness (QED) is 0.235.